The Labute approximate surface area is 121 Å². The van der Waals surface area contributed by atoms with Crippen molar-refractivity contribution >= 4 is 11.8 Å². The molecule has 0 aliphatic rings. The fourth-order valence-electron chi connectivity index (χ4n) is 2.09. The molecule has 0 fully saturated rings. The van der Waals surface area contributed by atoms with E-state index in [2.05, 4.69) is 50.4 Å². The molecule has 0 saturated carbocycles. The average molecular weight is 276 g/mol. The molecule has 1 rings (SSSR count). The molecule has 1 unspecified atom stereocenters. The van der Waals surface area contributed by atoms with E-state index in [-0.39, 0.29) is 5.54 Å². The average Bonchev–Trinajstić information content (AvgIpc) is 2.43. The Kier molecular flexibility index (Phi) is 6.41. The Bertz CT molecular complexity index is 445. The van der Waals surface area contributed by atoms with Crippen LogP contribution in [0.4, 0.5) is 0 Å². The molecule has 0 aliphatic heterocycles. The lowest BCUT2D eigenvalue weighted by Crippen LogP contribution is -2.40. The van der Waals surface area contributed by atoms with Gasteiger partial charge in [0.25, 0.3) is 0 Å². The van der Waals surface area contributed by atoms with Crippen molar-refractivity contribution in [2.75, 3.05) is 12.8 Å². The zero-order chi connectivity index (χ0) is 14.3. The number of rotatable bonds is 7. The molecule has 3 heteroatoms. The van der Waals surface area contributed by atoms with Crippen LogP contribution in [0.1, 0.15) is 37.3 Å². The van der Waals surface area contributed by atoms with E-state index in [1.165, 1.54) is 16.0 Å². The van der Waals surface area contributed by atoms with Crippen LogP contribution in [0.5, 0.6) is 0 Å². The van der Waals surface area contributed by atoms with Crippen LogP contribution in [-0.2, 0) is 0 Å². The highest BCUT2D eigenvalue weighted by Gasteiger charge is 2.24. The smallest absolute Gasteiger partial charge is 0.106 e. The highest BCUT2D eigenvalue weighted by molar-refractivity contribution is 7.99. The third-order valence-electron chi connectivity index (χ3n) is 3.65. The van der Waals surface area contributed by atoms with Gasteiger partial charge in [0.1, 0.15) is 5.54 Å². The van der Waals surface area contributed by atoms with Crippen molar-refractivity contribution in [1.82, 2.24) is 5.32 Å². The van der Waals surface area contributed by atoms with E-state index in [0.717, 1.165) is 25.0 Å². The number of thioether (sulfide) groups is 1. The van der Waals surface area contributed by atoms with Gasteiger partial charge in [0.15, 0.2) is 0 Å². The summed E-state index contributed by atoms with van der Waals surface area (Å²) in [5.41, 5.74) is 2.30. The van der Waals surface area contributed by atoms with Crippen LogP contribution in [0, 0.1) is 25.2 Å². The summed E-state index contributed by atoms with van der Waals surface area (Å²) in [6, 6.07) is 8.99. The maximum absolute atomic E-state index is 9.25. The maximum atomic E-state index is 9.25. The summed E-state index contributed by atoms with van der Waals surface area (Å²) >= 11 is 1.90. The fraction of sp³-hybridized carbons (Fsp3) is 0.562. The molecule has 0 radical (unpaired) electrons. The van der Waals surface area contributed by atoms with Gasteiger partial charge in [0.05, 0.1) is 6.07 Å². The molecule has 104 valence electrons. The highest BCUT2D eigenvalue weighted by atomic mass is 32.2. The van der Waals surface area contributed by atoms with Gasteiger partial charge in [0.2, 0.25) is 0 Å². The molecule has 0 aromatic heterocycles. The summed E-state index contributed by atoms with van der Waals surface area (Å²) < 4.78 is 0. The Morgan fingerprint density at radius 3 is 2.68 bits per heavy atom. The third-order valence-corrected chi connectivity index (χ3v) is 4.89. The van der Waals surface area contributed by atoms with Crippen LogP contribution < -0.4 is 5.32 Å². The molecule has 0 saturated heterocycles. The Balaban J connectivity index is 2.47. The van der Waals surface area contributed by atoms with Gasteiger partial charge in [-0.3, -0.25) is 0 Å². The summed E-state index contributed by atoms with van der Waals surface area (Å²) in [6.45, 7) is 6.35. The van der Waals surface area contributed by atoms with Crippen molar-refractivity contribution < 1.29 is 0 Å². The number of nitrogens with zero attached hydrogens (tertiary/aromatic N) is 1. The summed E-state index contributed by atoms with van der Waals surface area (Å²) in [7, 11) is 1.88. The van der Waals surface area contributed by atoms with Crippen LogP contribution in [0.2, 0.25) is 0 Å². The summed E-state index contributed by atoms with van der Waals surface area (Å²) in [4.78, 5) is 1.36. The lowest BCUT2D eigenvalue weighted by atomic mass is 9.93. The Morgan fingerprint density at radius 1 is 1.37 bits per heavy atom. The van der Waals surface area contributed by atoms with Gasteiger partial charge in [0, 0.05) is 4.90 Å². The van der Waals surface area contributed by atoms with Crippen molar-refractivity contribution in [2.45, 2.75) is 50.5 Å². The molecule has 0 bridgehead atoms. The number of hydrogen-bond acceptors (Lipinski definition) is 3. The van der Waals surface area contributed by atoms with Crippen molar-refractivity contribution in [2.24, 2.45) is 0 Å². The first-order valence-corrected chi connectivity index (χ1v) is 7.85. The highest BCUT2D eigenvalue weighted by Crippen LogP contribution is 2.26. The topological polar surface area (TPSA) is 35.8 Å². The van der Waals surface area contributed by atoms with Crippen LogP contribution in [0.15, 0.2) is 23.1 Å². The molecule has 0 aliphatic carbocycles. The Morgan fingerprint density at radius 2 is 2.11 bits per heavy atom. The van der Waals surface area contributed by atoms with Crippen molar-refractivity contribution in [3.05, 3.63) is 29.3 Å². The minimum atomic E-state index is -0.345. The zero-order valence-corrected chi connectivity index (χ0v) is 13.2. The van der Waals surface area contributed by atoms with Gasteiger partial charge < -0.3 is 5.32 Å². The standard InChI is InChI=1S/C16H24N2S/c1-5-16(12-17,18-4)9-6-10-19-15-11-13(2)7-8-14(15)3/h7-8,11,18H,5-6,9-10H2,1-4H3. The number of hydrogen-bond donors (Lipinski definition) is 1. The number of nitrogens with one attached hydrogen (secondary N) is 1. The quantitative estimate of drug-likeness (QED) is 0.602. The van der Waals surface area contributed by atoms with E-state index in [0.29, 0.717) is 0 Å². The SMILES string of the molecule is CCC(C#N)(CCCSc1cc(C)ccc1C)NC. The van der Waals surface area contributed by atoms with E-state index >= 15 is 0 Å². The second-order valence-electron chi connectivity index (χ2n) is 5.02. The van der Waals surface area contributed by atoms with Crippen LogP contribution in [0.3, 0.4) is 0 Å². The molecule has 19 heavy (non-hydrogen) atoms. The zero-order valence-electron chi connectivity index (χ0n) is 12.4. The third kappa shape index (κ3) is 4.56. The van der Waals surface area contributed by atoms with Crippen molar-refractivity contribution in [1.29, 1.82) is 5.26 Å². The van der Waals surface area contributed by atoms with Crippen molar-refractivity contribution in [3.63, 3.8) is 0 Å². The largest absolute Gasteiger partial charge is 0.302 e. The maximum Gasteiger partial charge on any atom is 0.106 e. The van der Waals surface area contributed by atoms with E-state index in [9.17, 15) is 5.26 Å². The molecular weight excluding hydrogens is 252 g/mol. The molecular formula is C16H24N2S. The van der Waals surface area contributed by atoms with Crippen LogP contribution in [-0.4, -0.2) is 18.3 Å². The van der Waals surface area contributed by atoms with E-state index < -0.39 is 0 Å². The van der Waals surface area contributed by atoms with Crippen molar-refractivity contribution in [3.8, 4) is 6.07 Å². The monoisotopic (exact) mass is 276 g/mol. The molecule has 0 amide bonds. The van der Waals surface area contributed by atoms with Gasteiger partial charge in [-0.2, -0.15) is 5.26 Å². The van der Waals surface area contributed by atoms with Crippen LogP contribution in [0.25, 0.3) is 0 Å². The van der Waals surface area contributed by atoms with Gasteiger partial charge in [-0.1, -0.05) is 24.6 Å². The second kappa shape index (κ2) is 7.57. The fourth-order valence-corrected chi connectivity index (χ4v) is 3.16. The molecule has 1 N–H and O–H groups in total. The second-order valence-corrected chi connectivity index (χ2v) is 6.16. The van der Waals surface area contributed by atoms with Gasteiger partial charge >= 0.3 is 0 Å². The molecule has 0 spiro atoms. The molecule has 2 nitrogen and oxygen atoms in total. The normalized spacial score (nSPS) is 13.8. The minimum Gasteiger partial charge on any atom is -0.302 e. The molecule has 1 aromatic carbocycles. The summed E-state index contributed by atoms with van der Waals surface area (Å²) in [5, 5.41) is 12.4. The lowest BCUT2D eigenvalue weighted by molar-refractivity contribution is 0.400. The van der Waals surface area contributed by atoms with Gasteiger partial charge in [-0.25, -0.2) is 0 Å². The summed E-state index contributed by atoms with van der Waals surface area (Å²) in [5.74, 6) is 1.06. The first kappa shape index (κ1) is 16.1. The first-order chi connectivity index (χ1) is 9.06. The van der Waals surface area contributed by atoms with Gasteiger partial charge in [-0.15, -0.1) is 11.8 Å². The lowest BCUT2D eigenvalue weighted by Gasteiger charge is -2.24. The molecule has 0 heterocycles. The molecule has 1 aromatic rings. The number of nitriles is 1. The number of aryl methyl sites for hydroxylation is 2. The first-order valence-electron chi connectivity index (χ1n) is 6.87. The summed E-state index contributed by atoms with van der Waals surface area (Å²) in [6.07, 6.45) is 2.82. The van der Waals surface area contributed by atoms with E-state index in [1.807, 2.05) is 18.8 Å². The predicted molar refractivity (Wildman–Crippen MR) is 83.6 cm³/mol. The minimum absolute atomic E-state index is 0.345. The Hall–Kier alpha value is -0.980. The predicted octanol–water partition coefficient (Wildman–Crippen LogP) is 4.07. The van der Waals surface area contributed by atoms with Crippen LogP contribution >= 0.6 is 11.8 Å². The van der Waals surface area contributed by atoms with E-state index in [1.54, 1.807) is 0 Å². The van der Waals surface area contributed by atoms with Gasteiger partial charge in [-0.05, 0) is 57.5 Å². The van der Waals surface area contributed by atoms with E-state index in [4.69, 9.17) is 0 Å². The molecule has 1 atom stereocenters. The number of benzene rings is 1.